The Kier molecular flexibility index (Phi) is 4.76. The van der Waals surface area contributed by atoms with Gasteiger partial charge in [0.05, 0.1) is 0 Å². The quantitative estimate of drug-likeness (QED) is 0.227. The molecule has 0 radical (unpaired) electrons. The highest BCUT2D eigenvalue weighted by Crippen LogP contribution is 2.55. The first kappa shape index (κ1) is 17.4. The van der Waals surface area contributed by atoms with Crippen molar-refractivity contribution in [2.45, 2.75) is 19.6 Å². The zero-order valence-electron chi connectivity index (χ0n) is 14.4. The second kappa shape index (κ2) is 7.38. The molecule has 1 aliphatic rings. The van der Waals surface area contributed by atoms with Crippen LogP contribution in [0.3, 0.4) is 0 Å². The first-order chi connectivity index (χ1) is 13.3. The SMILES string of the molecule is Ic1ccc(-c2ccccc2)c2c1Sc1cccc(-c3ccccc3)c1S2. The van der Waals surface area contributed by atoms with Crippen LogP contribution in [-0.2, 0) is 0 Å². The van der Waals surface area contributed by atoms with Gasteiger partial charge in [-0.05, 0) is 57.0 Å². The molecule has 0 unspecified atom stereocenters. The molecule has 0 N–H and O–H groups in total. The van der Waals surface area contributed by atoms with Gasteiger partial charge in [0.15, 0.2) is 0 Å². The van der Waals surface area contributed by atoms with Crippen molar-refractivity contribution in [2.24, 2.45) is 0 Å². The highest BCUT2D eigenvalue weighted by Gasteiger charge is 2.24. The van der Waals surface area contributed by atoms with Crippen LogP contribution in [0, 0.1) is 3.57 Å². The number of halogens is 1. The molecule has 1 aliphatic heterocycles. The topological polar surface area (TPSA) is 0 Å². The van der Waals surface area contributed by atoms with Crippen LogP contribution in [0.25, 0.3) is 22.3 Å². The van der Waals surface area contributed by atoms with Gasteiger partial charge in [0.25, 0.3) is 0 Å². The molecule has 0 amide bonds. The number of rotatable bonds is 2. The van der Waals surface area contributed by atoms with Gasteiger partial charge in [-0.25, -0.2) is 0 Å². The lowest BCUT2D eigenvalue weighted by Crippen LogP contribution is -1.97. The fraction of sp³-hybridized carbons (Fsp3) is 0. The first-order valence-electron chi connectivity index (χ1n) is 8.73. The fourth-order valence-electron chi connectivity index (χ4n) is 3.34. The van der Waals surface area contributed by atoms with E-state index in [9.17, 15) is 0 Å². The molecule has 130 valence electrons. The average Bonchev–Trinajstić information content (AvgIpc) is 2.74. The molecule has 5 rings (SSSR count). The van der Waals surface area contributed by atoms with Crippen LogP contribution in [-0.4, -0.2) is 0 Å². The van der Waals surface area contributed by atoms with Crippen molar-refractivity contribution in [3.63, 3.8) is 0 Å². The van der Waals surface area contributed by atoms with Crippen molar-refractivity contribution in [3.8, 4) is 22.3 Å². The van der Waals surface area contributed by atoms with Crippen LogP contribution in [0.2, 0.25) is 0 Å². The Balaban J connectivity index is 1.69. The standard InChI is InChI=1S/C24H15IS2/c25-20-15-14-19(17-10-5-2-6-11-17)23-24(20)26-21-13-7-12-18(22(21)27-23)16-8-3-1-4-9-16/h1-15H. The summed E-state index contributed by atoms with van der Waals surface area (Å²) in [5.41, 5.74) is 5.18. The van der Waals surface area contributed by atoms with E-state index in [1.54, 1.807) is 0 Å². The van der Waals surface area contributed by atoms with Gasteiger partial charge in [-0.1, -0.05) is 102 Å². The molecule has 4 aromatic carbocycles. The molecule has 4 aromatic rings. The number of hydrogen-bond donors (Lipinski definition) is 0. The largest absolute Gasteiger partial charge is 0.0866 e. The van der Waals surface area contributed by atoms with Crippen molar-refractivity contribution in [1.29, 1.82) is 0 Å². The molecule has 0 aliphatic carbocycles. The summed E-state index contributed by atoms with van der Waals surface area (Å²) >= 11 is 6.28. The summed E-state index contributed by atoms with van der Waals surface area (Å²) in [4.78, 5) is 5.45. The van der Waals surface area contributed by atoms with Crippen molar-refractivity contribution >= 4 is 46.1 Å². The Hall–Kier alpha value is -1.69. The maximum absolute atomic E-state index is 2.46. The molecule has 0 bridgehead atoms. The van der Waals surface area contributed by atoms with E-state index in [1.807, 2.05) is 23.5 Å². The summed E-state index contributed by atoms with van der Waals surface area (Å²) in [6.45, 7) is 0. The highest BCUT2D eigenvalue weighted by molar-refractivity contribution is 14.1. The predicted octanol–water partition coefficient (Wildman–Crippen LogP) is 8.24. The minimum absolute atomic E-state index is 1.28. The minimum Gasteiger partial charge on any atom is -0.0866 e. The second-order valence-electron chi connectivity index (χ2n) is 6.32. The first-order valence-corrected chi connectivity index (χ1v) is 11.4. The smallest absolute Gasteiger partial charge is 0.0402 e. The van der Waals surface area contributed by atoms with Gasteiger partial charge in [0.1, 0.15) is 0 Å². The van der Waals surface area contributed by atoms with E-state index in [1.165, 1.54) is 45.4 Å². The van der Waals surface area contributed by atoms with Crippen LogP contribution in [0.4, 0.5) is 0 Å². The molecule has 1 heterocycles. The van der Waals surface area contributed by atoms with Gasteiger partial charge < -0.3 is 0 Å². The van der Waals surface area contributed by atoms with E-state index in [4.69, 9.17) is 0 Å². The summed E-state index contributed by atoms with van der Waals surface area (Å²) in [6.07, 6.45) is 0. The van der Waals surface area contributed by atoms with Crippen LogP contribution >= 0.6 is 46.1 Å². The lowest BCUT2D eigenvalue weighted by atomic mass is 10.1. The summed E-state index contributed by atoms with van der Waals surface area (Å²) < 4.78 is 1.32. The average molecular weight is 494 g/mol. The molecular formula is C24H15IS2. The Morgan fingerprint density at radius 1 is 0.481 bits per heavy atom. The van der Waals surface area contributed by atoms with E-state index < -0.39 is 0 Å². The molecule has 0 aromatic heterocycles. The lowest BCUT2D eigenvalue weighted by molar-refractivity contribution is 1.14. The van der Waals surface area contributed by atoms with E-state index in [2.05, 4.69) is 114 Å². The Bertz CT molecular complexity index is 1120. The normalized spacial score (nSPS) is 12.3. The monoisotopic (exact) mass is 494 g/mol. The van der Waals surface area contributed by atoms with Crippen molar-refractivity contribution in [3.05, 3.63) is 94.6 Å². The minimum atomic E-state index is 1.28. The predicted molar refractivity (Wildman–Crippen MR) is 125 cm³/mol. The molecule has 27 heavy (non-hydrogen) atoms. The van der Waals surface area contributed by atoms with Crippen LogP contribution in [0.1, 0.15) is 0 Å². The van der Waals surface area contributed by atoms with Crippen molar-refractivity contribution < 1.29 is 0 Å². The molecule has 0 saturated carbocycles. The van der Waals surface area contributed by atoms with E-state index >= 15 is 0 Å². The van der Waals surface area contributed by atoms with Gasteiger partial charge in [-0.15, -0.1) is 0 Å². The Labute approximate surface area is 181 Å². The summed E-state index contributed by atoms with van der Waals surface area (Å²) in [5.74, 6) is 0. The van der Waals surface area contributed by atoms with Gasteiger partial charge in [0.2, 0.25) is 0 Å². The summed E-state index contributed by atoms with van der Waals surface area (Å²) in [7, 11) is 0. The number of hydrogen-bond acceptors (Lipinski definition) is 2. The van der Waals surface area contributed by atoms with E-state index in [-0.39, 0.29) is 0 Å². The van der Waals surface area contributed by atoms with Crippen molar-refractivity contribution in [1.82, 2.24) is 0 Å². The second-order valence-corrected chi connectivity index (χ2v) is 9.56. The van der Waals surface area contributed by atoms with E-state index in [0.29, 0.717) is 0 Å². The highest BCUT2D eigenvalue weighted by atomic mass is 127. The summed E-state index contributed by atoms with van der Waals surface area (Å²) in [5, 5.41) is 0. The Morgan fingerprint density at radius 3 is 1.78 bits per heavy atom. The van der Waals surface area contributed by atoms with Crippen LogP contribution < -0.4 is 0 Å². The number of benzene rings is 4. The van der Waals surface area contributed by atoms with Crippen molar-refractivity contribution in [2.75, 3.05) is 0 Å². The van der Waals surface area contributed by atoms with Gasteiger partial charge in [0, 0.05) is 23.2 Å². The zero-order valence-corrected chi connectivity index (χ0v) is 18.1. The molecule has 0 fully saturated rings. The zero-order chi connectivity index (χ0) is 18.2. The van der Waals surface area contributed by atoms with Crippen LogP contribution in [0.15, 0.2) is 111 Å². The third-order valence-corrected chi connectivity index (χ3v) is 8.61. The Morgan fingerprint density at radius 2 is 1.11 bits per heavy atom. The maximum atomic E-state index is 2.46. The molecular weight excluding hydrogens is 479 g/mol. The van der Waals surface area contributed by atoms with Crippen LogP contribution in [0.5, 0.6) is 0 Å². The van der Waals surface area contributed by atoms with Gasteiger partial charge in [-0.3, -0.25) is 0 Å². The maximum Gasteiger partial charge on any atom is 0.0402 e. The molecule has 3 heteroatoms. The van der Waals surface area contributed by atoms with Gasteiger partial charge in [-0.2, -0.15) is 0 Å². The molecule has 0 spiro atoms. The molecule has 0 saturated heterocycles. The third-order valence-electron chi connectivity index (χ3n) is 4.63. The molecule has 0 atom stereocenters. The molecule has 0 nitrogen and oxygen atoms in total. The lowest BCUT2D eigenvalue weighted by Gasteiger charge is -2.24. The third kappa shape index (κ3) is 3.22. The fourth-order valence-corrected chi connectivity index (χ4v) is 6.91. The van der Waals surface area contributed by atoms with E-state index in [0.717, 1.165) is 0 Å². The van der Waals surface area contributed by atoms with Gasteiger partial charge >= 0.3 is 0 Å². The number of fused-ring (bicyclic) bond motifs is 2. The summed E-state index contributed by atoms with van der Waals surface area (Å²) in [6, 6.07) is 32.6.